The van der Waals surface area contributed by atoms with Crippen LogP contribution in [0.1, 0.15) is 29.2 Å². The molecule has 0 bridgehead atoms. The molecule has 0 saturated carbocycles. The van der Waals surface area contributed by atoms with E-state index in [0.29, 0.717) is 12.2 Å². The maximum absolute atomic E-state index is 12.8. The van der Waals surface area contributed by atoms with Crippen LogP contribution in [-0.2, 0) is 11.2 Å². The number of benzene rings is 2. The van der Waals surface area contributed by atoms with Gasteiger partial charge in [-0.25, -0.2) is 4.79 Å². The van der Waals surface area contributed by atoms with Gasteiger partial charge in [-0.2, -0.15) is 0 Å². The molecular weight excluding hydrogens is 384 g/mol. The molecule has 0 radical (unpaired) electrons. The van der Waals surface area contributed by atoms with Crippen LogP contribution < -0.4 is 5.32 Å². The largest absolute Gasteiger partial charge is 0.481 e. The molecule has 1 aliphatic rings. The summed E-state index contributed by atoms with van der Waals surface area (Å²) in [4.78, 5) is 25.7. The molecule has 130 valence electrons. The molecule has 0 fully saturated rings. The van der Waals surface area contributed by atoms with Crippen molar-refractivity contribution in [2.75, 3.05) is 11.9 Å². The van der Waals surface area contributed by atoms with Gasteiger partial charge in [-0.05, 0) is 48.2 Å². The molecule has 0 saturated heterocycles. The monoisotopic (exact) mass is 402 g/mol. The Hall–Kier alpha value is -2.34. The van der Waals surface area contributed by atoms with E-state index in [2.05, 4.69) is 21.2 Å². The van der Waals surface area contributed by atoms with Gasteiger partial charge >= 0.3 is 12.0 Å². The SMILES string of the molecule is Cc1cc(NC(=O)N2CCc3ccccc3[C@@H]2CC(=O)O)ccc1Br. The first-order chi connectivity index (χ1) is 12.0. The van der Waals surface area contributed by atoms with Crippen LogP contribution in [0.25, 0.3) is 0 Å². The average molecular weight is 403 g/mol. The zero-order chi connectivity index (χ0) is 18.0. The molecule has 2 N–H and O–H groups in total. The van der Waals surface area contributed by atoms with Gasteiger partial charge < -0.3 is 15.3 Å². The van der Waals surface area contributed by atoms with E-state index < -0.39 is 12.0 Å². The van der Waals surface area contributed by atoms with Crippen LogP contribution in [-0.4, -0.2) is 28.6 Å². The van der Waals surface area contributed by atoms with E-state index in [9.17, 15) is 14.7 Å². The molecular formula is C19H19BrN2O3. The van der Waals surface area contributed by atoms with Crippen molar-refractivity contribution in [2.24, 2.45) is 0 Å². The number of fused-ring (bicyclic) bond motifs is 1. The minimum absolute atomic E-state index is 0.107. The molecule has 0 unspecified atom stereocenters. The van der Waals surface area contributed by atoms with E-state index in [0.717, 1.165) is 27.6 Å². The molecule has 0 aromatic heterocycles. The van der Waals surface area contributed by atoms with Gasteiger partial charge in [0, 0.05) is 16.7 Å². The van der Waals surface area contributed by atoms with Crippen LogP contribution in [0.4, 0.5) is 10.5 Å². The first-order valence-electron chi connectivity index (χ1n) is 8.09. The third-order valence-corrected chi connectivity index (χ3v) is 5.34. The highest BCUT2D eigenvalue weighted by molar-refractivity contribution is 9.10. The summed E-state index contributed by atoms with van der Waals surface area (Å²) in [5.41, 5.74) is 3.73. The van der Waals surface area contributed by atoms with E-state index in [-0.39, 0.29) is 12.5 Å². The van der Waals surface area contributed by atoms with E-state index in [1.54, 1.807) is 4.90 Å². The summed E-state index contributed by atoms with van der Waals surface area (Å²) in [5.74, 6) is -0.918. The molecule has 2 aromatic carbocycles. The second-order valence-corrected chi connectivity index (χ2v) is 7.00. The lowest BCUT2D eigenvalue weighted by molar-refractivity contribution is -0.138. The standard InChI is InChI=1S/C19H19BrN2O3/c1-12-10-14(6-7-16(12)20)21-19(25)22-9-8-13-4-2-3-5-15(13)17(22)11-18(23)24/h2-7,10,17H,8-9,11H2,1H3,(H,21,25)(H,23,24)/t17-/m0/s1. The molecule has 1 aliphatic heterocycles. The smallest absolute Gasteiger partial charge is 0.322 e. The number of anilines is 1. The summed E-state index contributed by atoms with van der Waals surface area (Å²) in [5, 5.41) is 12.2. The van der Waals surface area contributed by atoms with Crippen molar-refractivity contribution in [2.45, 2.75) is 25.8 Å². The van der Waals surface area contributed by atoms with E-state index >= 15 is 0 Å². The summed E-state index contributed by atoms with van der Waals surface area (Å²) >= 11 is 3.44. The van der Waals surface area contributed by atoms with Crippen LogP contribution in [0.3, 0.4) is 0 Å². The maximum atomic E-state index is 12.8. The minimum Gasteiger partial charge on any atom is -0.481 e. The summed E-state index contributed by atoms with van der Waals surface area (Å²) in [6.45, 7) is 2.44. The van der Waals surface area contributed by atoms with E-state index in [1.807, 2.05) is 49.4 Å². The summed E-state index contributed by atoms with van der Waals surface area (Å²) in [6.07, 6.45) is 0.614. The van der Waals surface area contributed by atoms with Crippen LogP contribution in [0.15, 0.2) is 46.9 Å². The fourth-order valence-corrected chi connectivity index (χ4v) is 3.44. The van der Waals surface area contributed by atoms with Crippen LogP contribution in [0.2, 0.25) is 0 Å². The number of aliphatic carboxylic acids is 1. The van der Waals surface area contributed by atoms with Crippen molar-refractivity contribution in [3.8, 4) is 0 Å². The lowest BCUT2D eigenvalue weighted by Gasteiger charge is -2.36. The van der Waals surface area contributed by atoms with E-state index in [4.69, 9.17) is 0 Å². The number of carbonyl (C=O) groups excluding carboxylic acids is 1. The number of carboxylic acid groups (broad SMARTS) is 1. The van der Waals surface area contributed by atoms with Gasteiger partial charge in [0.05, 0.1) is 12.5 Å². The molecule has 6 heteroatoms. The predicted octanol–water partition coefficient (Wildman–Crippen LogP) is 4.36. The zero-order valence-electron chi connectivity index (χ0n) is 13.8. The van der Waals surface area contributed by atoms with Crippen molar-refractivity contribution < 1.29 is 14.7 Å². The Bertz CT molecular complexity index is 822. The summed E-state index contributed by atoms with van der Waals surface area (Å²) < 4.78 is 0.973. The number of amides is 2. The Kier molecular flexibility index (Phi) is 5.08. The van der Waals surface area contributed by atoms with Crippen molar-refractivity contribution in [1.82, 2.24) is 4.90 Å². The molecule has 5 nitrogen and oxygen atoms in total. The van der Waals surface area contributed by atoms with Crippen LogP contribution >= 0.6 is 15.9 Å². The molecule has 0 aliphatic carbocycles. The molecule has 25 heavy (non-hydrogen) atoms. The number of hydrogen-bond donors (Lipinski definition) is 2. The van der Waals surface area contributed by atoms with Gasteiger partial charge in [0.1, 0.15) is 0 Å². The Morgan fingerprint density at radius 2 is 2.04 bits per heavy atom. The molecule has 1 heterocycles. The summed E-state index contributed by atoms with van der Waals surface area (Å²) in [6, 6.07) is 12.6. The number of aryl methyl sites for hydroxylation is 1. The van der Waals surface area contributed by atoms with Crippen molar-refractivity contribution in [1.29, 1.82) is 0 Å². The molecule has 2 aromatic rings. The second kappa shape index (κ2) is 7.27. The Morgan fingerprint density at radius 3 is 2.76 bits per heavy atom. The number of carbonyl (C=O) groups is 2. The van der Waals surface area contributed by atoms with Crippen LogP contribution in [0.5, 0.6) is 0 Å². The van der Waals surface area contributed by atoms with Crippen LogP contribution in [0, 0.1) is 6.92 Å². The Morgan fingerprint density at radius 1 is 1.28 bits per heavy atom. The lowest BCUT2D eigenvalue weighted by atomic mass is 9.91. The number of nitrogens with one attached hydrogen (secondary N) is 1. The van der Waals surface area contributed by atoms with E-state index in [1.165, 1.54) is 0 Å². The number of hydrogen-bond acceptors (Lipinski definition) is 2. The normalized spacial score (nSPS) is 16.2. The Labute approximate surface area is 154 Å². The highest BCUT2D eigenvalue weighted by Gasteiger charge is 2.32. The minimum atomic E-state index is -0.918. The zero-order valence-corrected chi connectivity index (χ0v) is 15.4. The number of urea groups is 1. The van der Waals surface area contributed by atoms with Gasteiger partial charge in [0.2, 0.25) is 0 Å². The number of carboxylic acids is 1. The predicted molar refractivity (Wildman–Crippen MR) is 99.7 cm³/mol. The quantitative estimate of drug-likeness (QED) is 0.800. The van der Waals surface area contributed by atoms with Gasteiger partial charge in [-0.15, -0.1) is 0 Å². The van der Waals surface area contributed by atoms with Crippen molar-refractivity contribution in [3.63, 3.8) is 0 Å². The highest BCUT2D eigenvalue weighted by Crippen LogP contribution is 2.33. The van der Waals surface area contributed by atoms with Gasteiger partial charge in [-0.1, -0.05) is 40.2 Å². The topological polar surface area (TPSA) is 69.6 Å². The third kappa shape index (κ3) is 3.85. The fourth-order valence-electron chi connectivity index (χ4n) is 3.20. The summed E-state index contributed by atoms with van der Waals surface area (Å²) in [7, 11) is 0. The molecule has 3 rings (SSSR count). The third-order valence-electron chi connectivity index (χ3n) is 4.45. The maximum Gasteiger partial charge on any atom is 0.322 e. The number of rotatable bonds is 3. The fraction of sp³-hybridized carbons (Fsp3) is 0.263. The number of halogens is 1. The van der Waals surface area contributed by atoms with Gasteiger partial charge in [-0.3, -0.25) is 4.79 Å². The van der Waals surface area contributed by atoms with Crippen molar-refractivity contribution >= 4 is 33.6 Å². The first-order valence-corrected chi connectivity index (χ1v) is 8.88. The number of nitrogens with zero attached hydrogens (tertiary/aromatic N) is 1. The molecule has 0 spiro atoms. The Balaban J connectivity index is 1.85. The lowest BCUT2D eigenvalue weighted by Crippen LogP contribution is -2.43. The average Bonchev–Trinajstić information content (AvgIpc) is 2.58. The molecule has 1 atom stereocenters. The van der Waals surface area contributed by atoms with Gasteiger partial charge in [0.25, 0.3) is 0 Å². The van der Waals surface area contributed by atoms with Gasteiger partial charge in [0.15, 0.2) is 0 Å². The highest BCUT2D eigenvalue weighted by atomic mass is 79.9. The first kappa shape index (κ1) is 17.5. The molecule has 2 amide bonds. The van der Waals surface area contributed by atoms with Crippen molar-refractivity contribution in [3.05, 3.63) is 63.6 Å². The second-order valence-electron chi connectivity index (χ2n) is 6.15.